The summed E-state index contributed by atoms with van der Waals surface area (Å²) in [4.78, 5) is 11.8. The Balaban J connectivity index is 2.32. The molecule has 2 aromatic carbocycles. The number of fused-ring (bicyclic) bond motifs is 1. The van der Waals surface area contributed by atoms with E-state index in [0.717, 1.165) is 28.2 Å². The predicted octanol–water partition coefficient (Wildman–Crippen LogP) is 5.24. The molecule has 0 amide bonds. The van der Waals surface area contributed by atoms with E-state index in [1.807, 2.05) is 29.8 Å². The van der Waals surface area contributed by atoms with E-state index < -0.39 is 5.97 Å². The van der Waals surface area contributed by atoms with Gasteiger partial charge in [-0.3, -0.25) is 0 Å². The second kappa shape index (κ2) is 6.11. The van der Waals surface area contributed by atoms with Gasteiger partial charge >= 0.3 is 5.97 Å². The fraction of sp³-hybridized carbons (Fsp3) is 0.0556. The molecule has 0 bridgehead atoms. The molecule has 3 aromatic rings. The quantitative estimate of drug-likeness (QED) is 0.479. The maximum atomic E-state index is 11.8. The van der Waals surface area contributed by atoms with Crippen molar-refractivity contribution in [3.63, 3.8) is 0 Å². The number of aryl methyl sites for hydroxylation is 1. The molecule has 5 heteroatoms. The van der Waals surface area contributed by atoms with Gasteiger partial charge in [0.1, 0.15) is 0 Å². The van der Waals surface area contributed by atoms with Crippen molar-refractivity contribution in [2.45, 2.75) is 0 Å². The first-order valence-corrected chi connectivity index (χ1v) is 7.65. The Bertz CT molecular complexity index is 911. The molecule has 3 rings (SSSR count). The highest BCUT2D eigenvalue weighted by molar-refractivity contribution is 6.31. The maximum Gasteiger partial charge on any atom is 0.335 e. The van der Waals surface area contributed by atoms with Crippen molar-refractivity contribution in [2.24, 2.45) is 7.05 Å². The Hall–Kier alpha value is -2.23. The summed E-state index contributed by atoms with van der Waals surface area (Å²) in [6.07, 6.45) is 1.13. The average Bonchev–Trinajstić information content (AvgIpc) is 2.80. The van der Waals surface area contributed by atoms with E-state index in [1.54, 1.807) is 24.3 Å². The van der Waals surface area contributed by atoms with Gasteiger partial charge in [-0.2, -0.15) is 0 Å². The molecule has 3 nitrogen and oxygen atoms in total. The summed E-state index contributed by atoms with van der Waals surface area (Å²) in [5.74, 6) is -0.0649. The highest BCUT2D eigenvalue weighted by Crippen LogP contribution is 2.40. The Labute approximate surface area is 143 Å². The number of hydrogen-bond donors (Lipinski definition) is 0. The summed E-state index contributed by atoms with van der Waals surface area (Å²) in [6, 6.07) is 12.8. The van der Waals surface area contributed by atoms with E-state index in [2.05, 4.69) is 6.58 Å². The van der Waals surface area contributed by atoms with E-state index >= 15 is 0 Å². The fourth-order valence-corrected chi connectivity index (χ4v) is 2.86. The van der Waals surface area contributed by atoms with Crippen LogP contribution in [0.25, 0.3) is 22.2 Å². The van der Waals surface area contributed by atoms with Crippen molar-refractivity contribution in [1.82, 2.24) is 4.57 Å². The topological polar surface area (TPSA) is 31.2 Å². The molecule has 0 fully saturated rings. The van der Waals surface area contributed by atoms with Crippen molar-refractivity contribution < 1.29 is 9.53 Å². The summed E-state index contributed by atoms with van der Waals surface area (Å²) >= 11 is 12.1. The molecule has 116 valence electrons. The number of ether oxygens (including phenoxy) is 1. The zero-order valence-electron chi connectivity index (χ0n) is 12.3. The highest BCUT2D eigenvalue weighted by atomic mass is 35.5. The first-order chi connectivity index (χ1) is 11.0. The van der Waals surface area contributed by atoms with Crippen molar-refractivity contribution >= 4 is 40.1 Å². The Morgan fingerprint density at radius 2 is 1.78 bits per heavy atom. The molecule has 0 N–H and O–H groups in total. The number of nitrogens with zero attached hydrogens (tertiary/aromatic N) is 1. The largest absolute Gasteiger partial charge is 0.420 e. The minimum atomic E-state index is -0.521. The standard InChI is InChI=1S/C18H13Cl2NO2/c1-3-16(22)23-18-14-10-13(20)8-9-15(14)21(2)17(18)11-4-6-12(19)7-5-11/h3-10H,1H2,2H3. The van der Waals surface area contributed by atoms with Gasteiger partial charge in [0.15, 0.2) is 5.75 Å². The molecule has 0 atom stereocenters. The third-order valence-electron chi connectivity index (χ3n) is 3.60. The Morgan fingerprint density at radius 3 is 2.43 bits per heavy atom. The lowest BCUT2D eigenvalue weighted by Crippen LogP contribution is -2.04. The van der Waals surface area contributed by atoms with E-state index in [-0.39, 0.29) is 0 Å². The Morgan fingerprint density at radius 1 is 1.13 bits per heavy atom. The molecule has 0 spiro atoms. The fourth-order valence-electron chi connectivity index (χ4n) is 2.56. The maximum absolute atomic E-state index is 11.8. The normalized spacial score (nSPS) is 10.7. The van der Waals surface area contributed by atoms with Gasteiger partial charge in [-0.05, 0) is 30.3 Å². The summed E-state index contributed by atoms with van der Waals surface area (Å²) in [6.45, 7) is 3.45. The first kappa shape index (κ1) is 15.7. The molecule has 1 aromatic heterocycles. The third-order valence-corrected chi connectivity index (χ3v) is 4.09. The van der Waals surface area contributed by atoms with Gasteiger partial charge in [0.2, 0.25) is 0 Å². The zero-order valence-corrected chi connectivity index (χ0v) is 13.9. The minimum absolute atomic E-state index is 0.456. The van der Waals surface area contributed by atoms with Gasteiger partial charge < -0.3 is 9.30 Å². The van der Waals surface area contributed by atoms with Crippen LogP contribution in [-0.2, 0) is 11.8 Å². The monoisotopic (exact) mass is 345 g/mol. The number of benzene rings is 2. The van der Waals surface area contributed by atoms with Crippen LogP contribution >= 0.6 is 23.2 Å². The lowest BCUT2D eigenvalue weighted by molar-refractivity contribution is -0.128. The molecule has 0 saturated carbocycles. The second-order valence-electron chi connectivity index (χ2n) is 5.03. The van der Waals surface area contributed by atoms with Gasteiger partial charge in [0.05, 0.1) is 11.2 Å². The molecule has 0 saturated heterocycles. The van der Waals surface area contributed by atoms with Gasteiger partial charge in [-0.1, -0.05) is 41.9 Å². The SMILES string of the molecule is C=CC(=O)Oc1c(-c2ccc(Cl)cc2)n(C)c2ccc(Cl)cc12. The number of rotatable bonds is 3. The zero-order chi connectivity index (χ0) is 16.6. The smallest absolute Gasteiger partial charge is 0.335 e. The van der Waals surface area contributed by atoms with Gasteiger partial charge in [-0.25, -0.2) is 4.79 Å². The van der Waals surface area contributed by atoms with Crippen LogP contribution in [0.15, 0.2) is 55.1 Å². The van der Waals surface area contributed by atoms with Gasteiger partial charge in [0, 0.05) is 34.1 Å². The molecular formula is C18H13Cl2NO2. The number of carbonyl (C=O) groups is 1. The summed E-state index contributed by atoms with van der Waals surface area (Å²) in [5, 5.41) is 1.97. The van der Waals surface area contributed by atoms with E-state index in [0.29, 0.717) is 15.8 Å². The number of aromatic nitrogens is 1. The third kappa shape index (κ3) is 2.85. The van der Waals surface area contributed by atoms with Crippen molar-refractivity contribution in [3.8, 4) is 17.0 Å². The van der Waals surface area contributed by atoms with Crippen LogP contribution in [0.1, 0.15) is 0 Å². The van der Waals surface area contributed by atoms with Crippen LogP contribution in [0.5, 0.6) is 5.75 Å². The first-order valence-electron chi connectivity index (χ1n) is 6.89. The molecule has 0 aliphatic rings. The lowest BCUT2D eigenvalue weighted by Gasteiger charge is -2.08. The van der Waals surface area contributed by atoms with Gasteiger partial charge in [0.25, 0.3) is 0 Å². The van der Waals surface area contributed by atoms with Crippen molar-refractivity contribution in [1.29, 1.82) is 0 Å². The molecule has 0 unspecified atom stereocenters. The lowest BCUT2D eigenvalue weighted by atomic mass is 10.1. The van der Waals surface area contributed by atoms with E-state index in [4.69, 9.17) is 27.9 Å². The summed E-state index contributed by atoms with van der Waals surface area (Å²) < 4.78 is 7.46. The molecule has 0 aliphatic carbocycles. The average molecular weight is 346 g/mol. The number of halogens is 2. The Kier molecular flexibility index (Phi) is 4.16. The van der Waals surface area contributed by atoms with E-state index in [1.165, 1.54) is 0 Å². The number of carbonyl (C=O) groups excluding carboxylic acids is 1. The second-order valence-corrected chi connectivity index (χ2v) is 5.90. The van der Waals surface area contributed by atoms with Crippen LogP contribution < -0.4 is 4.74 Å². The van der Waals surface area contributed by atoms with Crippen LogP contribution in [0.3, 0.4) is 0 Å². The molecule has 1 heterocycles. The molecule has 0 aliphatic heterocycles. The minimum Gasteiger partial charge on any atom is -0.420 e. The predicted molar refractivity (Wildman–Crippen MR) is 94.2 cm³/mol. The van der Waals surface area contributed by atoms with E-state index in [9.17, 15) is 4.79 Å². The van der Waals surface area contributed by atoms with Crippen LogP contribution in [0.2, 0.25) is 10.0 Å². The summed E-state index contributed by atoms with van der Waals surface area (Å²) in [7, 11) is 1.91. The van der Waals surface area contributed by atoms with Crippen LogP contribution in [0, 0.1) is 0 Å². The molecule has 0 radical (unpaired) electrons. The van der Waals surface area contributed by atoms with Crippen LogP contribution in [-0.4, -0.2) is 10.5 Å². The summed E-state index contributed by atoms with van der Waals surface area (Å²) in [5.41, 5.74) is 2.57. The van der Waals surface area contributed by atoms with Gasteiger partial charge in [-0.15, -0.1) is 0 Å². The molecular weight excluding hydrogens is 333 g/mol. The number of hydrogen-bond acceptors (Lipinski definition) is 2. The highest BCUT2D eigenvalue weighted by Gasteiger charge is 2.20. The van der Waals surface area contributed by atoms with Crippen LogP contribution in [0.4, 0.5) is 0 Å². The molecule has 23 heavy (non-hydrogen) atoms. The van der Waals surface area contributed by atoms with Crippen molar-refractivity contribution in [2.75, 3.05) is 0 Å². The van der Waals surface area contributed by atoms with Crippen molar-refractivity contribution in [3.05, 3.63) is 65.2 Å². The number of esters is 1.